The summed E-state index contributed by atoms with van der Waals surface area (Å²) in [4.78, 5) is 13.9. The van der Waals surface area contributed by atoms with E-state index in [0.717, 1.165) is 25.0 Å². The van der Waals surface area contributed by atoms with Crippen LogP contribution in [-0.4, -0.2) is 23.9 Å². The molecule has 0 spiro atoms. The molecule has 0 fully saturated rings. The zero-order chi connectivity index (χ0) is 16.0. The number of nitrogens with two attached hydrogens (primary N) is 1. The van der Waals surface area contributed by atoms with E-state index in [9.17, 15) is 18.0 Å². The number of benzene rings is 1. The predicted molar refractivity (Wildman–Crippen MR) is 75.7 cm³/mol. The van der Waals surface area contributed by atoms with E-state index in [1.807, 2.05) is 6.92 Å². The number of rotatable bonds is 6. The van der Waals surface area contributed by atoms with Gasteiger partial charge in [-0.1, -0.05) is 13.3 Å². The first-order chi connectivity index (χ1) is 9.85. The molecule has 0 heterocycles. The van der Waals surface area contributed by atoms with Crippen LogP contribution in [0.5, 0.6) is 0 Å². The van der Waals surface area contributed by atoms with Crippen molar-refractivity contribution in [2.75, 3.05) is 18.5 Å². The molecule has 4 nitrogen and oxygen atoms in total. The quantitative estimate of drug-likeness (QED) is 0.626. The Morgan fingerprint density at radius 3 is 2.48 bits per heavy atom. The van der Waals surface area contributed by atoms with E-state index in [2.05, 4.69) is 5.43 Å². The highest BCUT2D eigenvalue weighted by atomic mass is 19.4. The Bertz CT molecular complexity index is 489. The summed E-state index contributed by atoms with van der Waals surface area (Å²) < 4.78 is 38.3. The first-order valence-electron chi connectivity index (χ1n) is 6.82. The Hall–Kier alpha value is -1.76. The molecule has 0 aliphatic carbocycles. The van der Waals surface area contributed by atoms with Crippen molar-refractivity contribution in [3.05, 3.63) is 29.3 Å². The zero-order valence-electron chi connectivity index (χ0n) is 12.1. The number of anilines is 1. The summed E-state index contributed by atoms with van der Waals surface area (Å²) in [6, 6.07) is 2.91. The molecule has 0 aliphatic rings. The largest absolute Gasteiger partial charge is 0.416 e. The third-order valence-electron chi connectivity index (χ3n) is 3.18. The topological polar surface area (TPSA) is 58.4 Å². The monoisotopic (exact) mass is 303 g/mol. The van der Waals surface area contributed by atoms with Gasteiger partial charge in [-0.05, 0) is 31.5 Å². The van der Waals surface area contributed by atoms with Gasteiger partial charge in [-0.15, -0.1) is 0 Å². The fourth-order valence-electron chi connectivity index (χ4n) is 1.95. The standard InChI is InChI=1S/C14H20F3N3O/c1-3-5-8-20(4-2)13(21)11-9-10(14(15,16)17)6-7-12(11)19-18/h6-7,9,19H,3-5,8,18H2,1-2H3. The van der Waals surface area contributed by atoms with Crippen LogP contribution in [0.3, 0.4) is 0 Å². The fraction of sp³-hybridized carbons (Fsp3) is 0.500. The van der Waals surface area contributed by atoms with Gasteiger partial charge < -0.3 is 10.3 Å². The summed E-state index contributed by atoms with van der Waals surface area (Å²) in [5.41, 5.74) is 1.53. The van der Waals surface area contributed by atoms with Crippen LogP contribution >= 0.6 is 0 Å². The van der Waals surface area contributed by atoms with Gasteiger partial charge in [0.2, 0.25) is 0 Å². The second kappa shape index (κ2) is 7.31. The molecular formula is C14H20F3N3O. The van der Waals surface area contributed by atoms with Gasteiger partial charge in [0.1, 0.15) is 0 Å². The fourth-order valence-corrected chi connectivity index (χ4v) is 1.95. The normalized spacial score (nSPS) is 11.3. The molecule has 3 N–H and O–H groups in total. The molecular weight excluding hydrogens is 283 g/mol. The first-order valence-corrected chi connectivity index (χ1v) is 6.82. The van der Waals surface area contributed by atoms with Crippen LogP contribution in [0.25, 0.3) is 0 Å². The first kappa shape index (κ1) is 17.3. The van der Waals surface area contributed by atoms with E-state index in [-0.39, 0.29) is 11.3 Å². The lowest BCUT2D eigenvalue weighted by Gasteiger charge is -2.22. The van der Waals surface area contributed by atoms with Crippen molar-refractivity contribution in [2.24, 2.45) is 5.84 Å². The molecule has 7 heteroatoms. The highest BCUT2D eigenvalue weighted by molar-refractivity contribution is 5.99. The highest BCUT2D eigenvalue weighted by Gasteiger charge is 2.32. The Morgan fingerprint density at radius 1 is 1.33 bits per heavy atom. The molecule has 1 rings (SSSR count). The molecule has 21 heavy (non-hydrogen) atoms. The second-order valence-corrected chi connectivity index (χ2v) is 4.64. The van der Waals surface area contributed by atoms with E-state index in [1.54, 1.807) is 6.92 Å². The van der Waals surface area contributed by atoms with Crippen molar-refractivity contribution >= 4 is 11.6 Å². The lowest BCUT2D eigenvalue weighted by atomic mass is 10.1. The number of carbonyl (C=O) groups is 1. The molecule has 0 unspecified atom stereocenters. The Labute approximate surface area is 122 Å². The lowest BCUT2D eigenvalue weighted by molar-refractivity contribution is -0.137. The van der Waals surface area contributed by atoms with Crippen LogP contribution in [0.4, 0.5) is 18.9 Å². The molecule has 0 saturated carbocycles. The smallest absolute Gasteiger partial charge is 0.339 e. The summed E-state index contributed by atoms with van der Waals surface area (Å²) in [7, 11) is 0. The summed E-state index contributed by atoms with van der Waals surface area (Å²) in [6.45, 7) is 4.71. The third-order valence-corrected chi connectivity index (χ3v) is 3.18. The second-order valence-electron chi connectivity index (χ2n) is 4.64. The number of hydrazine groups is 1. The molecule has 0 bridgehead atoms. The number of hydrogen-bond donors (Lipinski definition) is 2. The Balaban J connectivity index is 3.16. The highest BCUT2D eigenvalue weighted by Crippen LogP contribution is 2.32. The van der Waals surface area contributed by atoms with Crippen molar-refractivity contribution in [1.29, 1.82) is 0 Å². The molecule has 0 radical (unpaired) electrons. The zero-order valence-corrected chi connectivity index (χ0v) is 12.1. The van der Waals surface area contributed by atoms with Crippen molar-refractivity contribution < 1.29 is 18.0 Å². The molecule has 0 aromatic heterocycles. The number of carbonyl (C=O) groups excluding carboxylic acids is 1. The Morgan fingerprint density at radius 2 is 2.00 bits per heavy atom. The van der Waals surface area contributed by atoms with E-state index in [1.165, 1.54) is 11.0 Å². The van der Waals surface area contributed by atoms with Gasteiger partial charge in [0, 0.05) is 13.1 Å². The minimum atomic E-state index is -4.50. The van der Waals surface area contributed by atoms with Crippen LogP contribution in [0, 0.1) is 0 Å². The van der Waals surface area contributed by atoms with Crippen LogP contribution in [0.15, 0.2) is 18.2 Å². The molecule has 118 valence electrons. The van der Waals surface area contributed by atoms with Gasteiger partial charge in [0.25, 0.3) is 5.91 Å². The van der Waals surface area contributed by atoms with E-state index in [0.29, 0.717) is 13.1 Å². The van der Waals surface area contributed by atoms with Crippen LogP contribution < -0.4 is 11.3 Å². The van der Waals surface area contributed by atoms with E-state index in [4.69, 9.17) is 5.84 Å². The lowest BCUT2D eigenvalue weighted by Crippen LogP contribution is -2.32. The van der Waals surface area contributed by atoms with Crippen molar-refractivity contribution in [2.45, 2.75) is 32.9 Å². The summed E-state index contributed by atoms with van der Waals surface area (Å²) in [5.74, 6) is 4.83. The van der Waals surface area contributed by atoms with Gasteiger partial charge >= 0.3 is 6.18 Å². The van der Waals surface area contributed by atoms with Crippen molar-refractivity contribution in [3.8, 4) is 0 Å². The molecule has 1 aromatic carbocycles. The molecule has 1 aromatic rings. The SMILES string of the molecule is CCCCN(CC)C(=O)c1cc(C(F)(F)F)ccc1NN. The average Bonchev–Trinajstić information content (AvgIpc) is 2.46. The number of hydrogen-bond acceptors (Lipinski definition) is 3. The summed E-state index contributed by atoms with van der Waals surface area (Å²) in [6.07, 6.45) is -2.80. The number of nitrogen functional groups attached to an aromatic ring is 1. The Kier molecular flexibility index (Phi) is 6.02. The number of nitrogens with one attached hydrogen (secondary N) is 1. The number of amides is 1. The third kappa shape index (κ3) is 4.35. The minimum absolute atomic E-state index is 0.0646. The van der Waals surface area contributed by atoms with Gasteiger partial charge in [-0.3, -0.25) is 10.6 Å². The van der Waals surface area contributed by atoms with E-state index < -0.39 is 17.6 Å². The van der Waals surface area contributed by atoms with Gasteiger partial charge in [0.15, 0.2) is 0 Å². The number of halogens is 3. The maximum absolute atomic E-state index is 12.8. The summed E-state index contributed by atoms with van der Waals surface area (Å²) in [5, 5.41) is 0. The van der Waals surface area contributed by atoms with Crippen LogP contribution in [0.1, 0.15) is 42.6 Å². The van der Waals surface area contributed by atoms with Gasteiger partial charge in [0.05, 0.1) is 16.8 Å². The van der Waals surface area contributed by atoms with Crippen LogP contribution in [0.2, 0.25) is 0 Å². The number of nitrogens with zero attached hydrogens (tertiary/aromatic N) is 1. The van der Waals surface area contributed by atoms with Crippen LogP contribution in [-0.2, 0) is 6.18 Å². The number of unbranched alkanes of at least 4 members (excludes halogenated alkanes) is 1. The molecule has 0 saturated heterocycles. The van der Waals surface area contributed by atoms with Gasteiger partial charge in [-0.25, -0.2) is 0 Å². The molecule has 0 aliphatic heterocycles. The average molecular weight is 303 g/mol. The molecule has 1 amide bonds. The van der Waals surface area contributed by atoms with Crippen molar-refractivity contribution in [1.82, 2.24) is 4.90 Å². The maximum Gasteiger partial charge on any atom is 0.416 e. The van der Waals surface area contributed by atoms with Gasteiger partial charge in [-0.2, -0.15) is 13.2 Å². The molecule has 0 atom stereocenters. The van der Waals surface area contributed by atoms with Crippen molar-refractivity contribution in [3.63, 3.8) is 0 Å². The van der Waals surface area contributed by atoms with E-state index >= 15 is 0 Å². The minimum Gasteiger partial charge on any atom is -0.339 e. The maximum atomic E-state index is 12.8. The number of alkyl halides is 3. The summed E-state index contributed by atoms with van der Waals surface area (Å²) >= 11 is 0. The predicted octanol–water partition coefficient (Wildman–Crippen LogP) is 3.25.